The Morgan fingerprint density at radius 1 is 1.16 bits per heavy atom. The number of nitrogens with two attached hydrogens (primary N) is 1. The molecule has 3 N–H and O–H groups in total. The molecule has 0 fully saturated rings. The molecule has 100 valence electrons. The number of halogens is 4. The summed E-state index contributed by atoms with van der Waals surface area (Å²) in [5, 5.41) is 2.75. The maximum atomic E-state index is 12.6. The van der Waals surface area contributed by atoms with Gasteiger partial charge in [0.05, 0.1) is 16.3 Å². The molecule has 0 bridgehead atoms. The van der Waals surface area contributed by atoms with Gasteiger partial charge in [-0.15, -0.1) is 0 Å². The molecule has 0 amide bonds. The highest BCUT2D eigenvalue weighted by Gasteiger charge is 2.31. The predicted octanol–water partition coefficient (Wildman–Crippen LogP) is 3.47. The van der Waals surface area contributed by atoms with Crippen LogP contribution in [0.1, 0.15) is 5.56 Å². The molecule has 1 aromatic carbocycles. The summed E-state index contributed by atoms with van der Waals surface area (Å²) in [6.07, 6.45) is -1.72. The fourth-order valence-corrected chi connectivity index (χ4v) is 1.53. The molecular weight excluding hydrogens is 281 g/mol. The van der Waals surface area contributed by atoms with Gasteiger partial charge in [-0.25, -0.2) is 9.97 Å². The van der Waals surface area contributed by atoms with Gasteiger partial charge in [0.15, 0.2) is 11.6 Å². The van der Waals surface area contributed by atoms with Crippen LogP contribution in [0.2, 0.25) is 5.02 Å². The first kappa shape index (κ1) is 13.4. The summed E-state index contributed by atoms with van der Waals surface area (Å²) in [5.41, 5.74) is 4.78. The van der Waals surface area contributed by atoms with Gasteiger partial charge >= 0.3 is 6.18 Å². The number of alkyl halides is 3. The minimum atomic E-state index is -4.45. The number of anilines is 3. The number of hydrogen-bond acceptors (Lipinski definition) is 4. The summed E-state index contributed by atoms with van der Waals surface area (Å²) in [4.78, 5) is 7.63. The fourth-order valence-electron chi connectivity index (χ4n) is 1.37. The van der Waals surface area contributed by atoms with Gasteiger partial charge in [0.1, 0.15) is 0 Å². The zero-order valence-electron chi connectivity index (χ0n) is 9.37. The van der Waals surface area contributed by atoms with Crippen LogP contribution in [0.25, 0.3) is 0 Å². The molecule has 19 heavy (non-hydrogen) atoms. The molecule has 0 aliphatic carbocycles. The first-order valence-electron chi connectivity index (χ1n) is 5.08. The van der Waals surface area contributed by atoms with Gasteiger partial charge in [0, 0.05) is 12.4 Å². The molecule has 2 rings (SSSR count). The number of nitrogens with zero attached hydrogens (tertiary/aromatic N) is 2. The summed E-state index contributed by atoms with van der Waals surface area (Å²) in [6.45, 7) is 0. The molecule has 0 aliphatic heterocycles. The lowest BCUT2D eigenvalue weighted by molar-refractivity contribution is -0.137. The maximum Gasteiger partial charge on any atom is 0.416 e. The van der Waals surface area contributed by atoms with Crippen molar-refractivity contribution in [2.75, 3.05) is 11.1 Å². The number of nitrogen functional groups attached to an aromatic ring is 1. The van der Waals surface area contributed by atoms with Crippen molar-refractivity contribution in [2.24, 2.45) is 0 Å². The summed E-state index contributed by atoms with van der Waals surface area (Å²) in [6, 6.07) is 2.93. The van der Waals surface area contributed by atoms with Crippen molar-refractivity contribution in [3.63, 3.8) is 0 Å². The molecule has 0 atom stereocenters. The van der Waals surface area contributed by atoms with Crippen molar-refractivity contribution in [1.82, 2.24) is 9.97 Å². The minimum Gasteiger partial charge on any atom is -0.381 e. The lowest BCUT2D eigenvalue weighted by atomic mass is 10.2. The average Bonchev–Trinajstić information content (AvgIpc) is 2.33. The van der Waals surface area contributed by atoms with E-state index in [1.165, 1.54) is 12.4 Å². The van der Waals surface area contributed by atoms with Gasteiger partial charge < -0.3 is 11.1 Å². The first-order chi connectivity index (χ1) is 8.88. The third-order valence-corrected chi connectivity index (χ3v) is 2.60. The van der Waals surface area contributed by atoms with Gasteiger partial charge in [0.25, 0.3) is 0 Å². The van der Waals surface area contributed by atoms with E-state index in [1.807, 2.05) is 0 Å². The molecule has 1 aromatic heterocycles. The van der Waals surface area contributed by atoms with Crippen LogP contribution in [-0.2, 0) is 6.18 Å². The molecule has 1 heterocycles. The van der Waals surface area contributed by atoms with Crippen molar-refractivity contribution in [3.05, 3.63) is 41.2 Å². The molecule has 8 heteroatoms. The van der Waals surface area contributed by atoms with Crippen molar-refractivity contribution >= 4 is 28.9 Å². The van der Waals surface area contributed by atoms with Crippen molar-refractivity contribution in [3.8, 4) is 0 Å². The Balaban J connectivity index is 2.38. The van der Waals surface area contributed by atoms with E-state index in [9.17, 15) is 13.2 Å². The van der Waals surface area contributed by atoms with E-state index in [2.05, 4.69) is 15.3 Å². The third kappa shape index (κ3) is 3.05. The predicted molar refractivity (Wildman–Crippen MR) is 66.2 cm³/mol. The quantitative estimate of drug-likeness (QED) is 0.888. The van der Waals surface area contributed by atoms with Crippen LogP contribution in [0.5, 0.6) is 0 Å². The highest BCUT2D eigenvalue weighted by molar-refractivity contribution is 6.33. The first-order valence-corrected chi connectivity index (χ1v) is 5.46. The van der Waals surface area contributed by atoms with Crippen LogP contribution in [0.3, 0.4) is 0 Å². The van der Waals surface area contributed by atoms with E-state index in [-0.39, 0.29) is 22.3 Å². The van der Waals surface area contributed by atoms with E-state index in [0.717, 1.165) is 18.2 Å². The highest BCUT2D eigenvalue weighted by Crippen LogP contribution is 2.35. The second-order valence-corrected chi connectivity index (χ2v) is 4.01. The van der Waals surface area contributed by atoms with E-state index in [4.69, 9.17) is 17.3 Å². The number of hydrogen-bond donors (Lipinski definition) is 2. The molecule has 0 spiro atoms. The molecule has 0 radical (unpaired) electrons. The Bertz CT molecular complexity index is 601. The fraction of sp³-hybridized carbons (Fsp3) is 0.0909. The Hall–Kier alpha value is -2.02. The lowest BCUT2D eigenvalue weighted by Gasteiger charge is -2.12. The molecule has 0 saturated carbocycles. The maximum absolute atomic E-state index is 12.6. The van der Waals surface area contributed by atoms with Crippen LogP contribution in [0.15, 0.2) is 30.6 Å². The minimum absolute atomic E-state index is 0.0590. The van der Waals surface area contributed by atoms with Crippen LogP contribution < -0.4 is 11.1 Å². The monoisotopic (exact) mass is 288 g/mol. The summed E-state index contributed by atoms with van der Waals surface area (Å²) in [5.74, 6) is 0.208. The van der Waals surface area contributed by atoms with Crippen molar-refractivity contribution < 1.29 is 13.2 Å². The van der Waals surface area contributed by atoms with Crippen LogP contribution in [0.4, 0.5) is 30.5 Å². The molecule has 0 unspecified atom stereocenters. The molecule has 0 saturated heterocycles. The Labute approximate surface area is 111 Å². The summed E-state index contributed by atoms with van der Waals surface area (Å²) in [7, 11) is 0. The topological polar surface area (TPSA) is 63.8 Å². The van der Waals surface area contributed by atoms with Crippen LogP contribution in [-0.4, -0.2) is 9.97 Å². The molecule has 2 aromatic rings. The van der Waals surface area contributed by atoms with Crippen LogP contribution in [0, 0.1) is 0 Å². The zero-order valence-corrected chi connectivity index (χ0v) is 10.1. The molecule has 0 aliphatic rings. The zero-order chi connectivity index (χ0) is 14.0. The Morgan fingerprint density at radius 2 is 1.84 bits per heavy atom. The number of nitrogens with one attached hydrogen (secondary N) is 1. The Morgan fingerprint density at radius 3 is 2.47 bits per heavy atom. The van der Waals surface area contributed by atoms with Gasteiger partial charge in [-0.3, -0.25) is 0 Å². The number of aromatic nitrogens is 2. The summed E-state index contributed by atoms with van der Waals surface area (Å²) < 4.78 is 37.8. The van der Waals surface area contributed by atoms with Gasteiger partial charge in [-0.1, -0.05) is 11.6 Å². The van der Waals surface area contributed by atoms with E-state index < -0.39 is 11.7 Å². The Kier molecular flexibility index (Phi) is 3.48. The standard InChI is InChI=1S/C11H8ClF3N4/c12-7-2-1-6(11(13,14)15)5-8(7)19-10-9(16)17-3-4-18-10/h1-5H,(H2,16,17)(H,18,19). The lowest BCUT2D eigenvalue weighted by Crippen LogP contribution is -2.06. The smallest absolute Gasteiger partial charge is 0.381 e. The van der Waals surface area contributed by atoms with E-state index >= 15 is 0 Å². The van der Waals surface area contributed by atoms with Crippen LogP contribution >= 0.6 is 11.6 Å². The van der Waals surface area contributed by atoms with E-state index in [0.29, 0.717) is 0 Å². The normalized spacial score (nSPS) is 11.4. The largest absolute Gasteiger partial charge is 0.416 e. The number of benzene rings is 1. The number of rotatable bonds is 2. The second-order valence-electron chi connectivity index (χ2n) is 3.61. The van der Waals surface area contributed by atoms with E-state index in [1.54, 1.807) is 0 Å². The molecule has 4 nitrogen and oxygen atoms in total. The van der Waals surface area contributed by atoms with Crippen molar-refractivity contribution in [1.29, 1.82) is 0 Å². The second kappa shape index (κ2) is 4.93. The highest BCUT2D eigenvalue weighted by atomic mass is 35.5. The third-order valence-electron chi connectivity index (χ3n) is 2.27. The summed E-state index contributed by atoms with van der Waals surface area (Å²) >= 11 is 5.83. The van der Waals surface area contributed by atoms with Crippen molar-refractivity contribution in [2.45, 2.75) is 6.18 Å². The average molecular weight is 289 g/mol. The molecular formula is C11H8ClF3N4. The van der Waals surface area contributed by atoms with Gasteiger partial charge in [0.2, 0.25) is 0 Å². The SMILES string of the molecule is Nc1nccnc1Nc1cc(C(F)(F)F)ccc1Cl. The van der Waals surface area contributed by atoms with Gasteiger partial charge in [-0.05, 0) is 18.2 Å². The van der Waals surface area contributed by atoms with Gasteiger partial charge in [-0.2, -0.15) is 13.2 Å².